The first-order chi connectivity index (χ1) is 12.2. The van der Waals surface area contributed by atoms with Gasteiger partial charge in [-0.2, -0.15) is 0 Å². The molecule has 0 saturated carbocycles. The summed E-state index contributed by atoms with van der Waals surface area (Å²) in [5.41, 5.74) is 1.37. The van der Waals surface area contributed by atoms with Crippen LogP contribution in [-0.2, 0) is 11.3 Å². The number of benzene rings is 1. The van der Waals surface area contributed by atoms with E-state index in [2.05, 4.69) is 45.4 Å². The molecule has 3 saturated heterocycles. The van der Waals surface area contributed by atoms with Gasteiger partial charge in [0.2, 0.25) is 5.91 Å². The number of halogens is 2. The predicted molar refractivity (Wildman–Crippen MR) is 115 cm³/mol. The highest BCUT2D eigenvalue weighted by molar-refractivity contribution is 5.85. The van der Waals surface area contributed by atoms with Crippen LogP contribution in [-0.4, -0.2) is 54.0 Å². The second kappa shape index (κ2) is 10.1. The average molecular weight is 414 g/mol. The molecule has 2 atom stereocenters. The number of nitrogens with zero attached hydrogens (tertiary/aromatic N) is 2. The van der Waals surface area contributed by atoms with Crippen molar-refractivity contribution >= 4 is 30.7 Å². The standard InChI is InChI=1S/C21H31N3O.2ClH/c1-23(20-13-18-7-8-19(14-20)22-18)21(25)17-9-11-24(12-10-17)15-16-5-3-2-4-6-16;;/h2-6,17-20,22H,7-15H2,1H3;2*1H. The Morgan fingerprint density at radius 1 is 1.04 bits per heavy atom. The zero-order valence-electron chi connectivity index (χ0n) is 16.2. The Kier molecular flexibility index (Phi) is 8.41. The molecule has 3 heterocycles. The normalized spacial score (nSPS) is 28.1. The summed E-state index contributed by atoms with van der Waals surface area (Å²) in [5, 5.41) is 3.68. The molecular weight excluding hydrogens is 381 g/mol. The summed E-state index contributed by atoms with van der Waals surface area (Å²) >= 11 is 0. The van der Waals surface area contributed by atoms with Crippen molar-refractivity contribution in [2.24, 2.45) is 5.92 Å². The fourth-order valence-corrected chi connectivity index (χ4v) is 4.99. The van der Waals surface area contributed by atoms with E-state index in [9.17, 15) is 4.79 Å². The van der Waals surface area contributed by atoms with E-state index < -0.39 is 0 Å². The number of fused-ring (bicyclic) bond motifs is 2. The van der Waals surface area contributed by atoms with Crippen molar-refractivity contribution in [2.75, 3.05) is 20.1 Å². The molecule has 6 heteroatoms. The number of likely N-dealkylation sites (tertiary alicyclic amines) is 1. The van der Waals surface area contributed by atoms with Gasteiger partial charge in [0.15, 0.2) is 0 Å². The Hall–Kier alpha value is -0.810. The SMILES string of the molecule is CN(C(=O)C1CCN(Cc2ccccc2)CC1)C1CC2CCC(C1)N2.Cl.Cl. The Labute approximate surface area is 175 Å². The highest BCUT2D eigenvalue weighted by atomic mass is 35.5. The maximum Gasteiger partial charge on any atom is 0.225 e. The predicted octanol–water partition coefficient (Wildman–Crippen LogP) is 3.48. The first-order valence-electron chi connectivity index (χ1n) is 9.98. The molecule has 3 fully saturated rings. The maximum atomic E-state index is 13.0. The fraction of sp³-hybridized carbons (Fsp3) is 0.667. The molecule has 3 aliphatic rings. The van der Waals surface area contributed by atoms with Gasteiger partial charge in [-0.05, 0) is 57.2 Å². The van der Waals surface area contributed by atoms with Gasteiger partial charge in [0.1, 0.15) is 0 Å². The third kappa shape index (κ3) is 5.38. The van der Waals surface area contributed by atoms with Gasteiger partial charge >= 0.3 is 0 Å². The van der Waals surface area contributed by atoms with E-state index in [1.54, 1.807) is 0 Å². The molecule has 2 unspecified atom stereocenters. The van der Waals surface area contributed by atoms with Crippen molar-refractivity contribution in [1.29, 1.82) is 0 Å². The van der Waals surface area contributed by atoms with Crippen molar-refractivity contribution in [3.63, 3.8) is 0 Å². The highest BCUT2D eigenvalue weighted by Gasteiger charge is 2.38. The minimum absolute atomic E-state index is 0. The Balaban J connectivity index is 0.00000131. The number of nitrogens with one attached hydrogen (secondary N) is 1. The monoisotopic (exact) mass is 413 g/mol. The quantitative estimate of drug-likeness (QED) is 0.820. The van der Waals surface area contributed by atoms with Gasteiger partial charge in [0.05, 0.1) is 0 Å². The molecule has 4 rings (SSSR count). The van der Waals surface area contributed by atoms with E-state index in [0.717, 1.165) is 45.3 Å². The van der Waals surface area contributed by atoms with E-state index in [1.807, 2.05) is 7.05 Å². The minimum atomic E-state index is 0. The van der Waals surface area contributed by atoms with Gasteiger partial charge in [-0.15, -0.1) is 24.8 Å². The zero-order valence-corrected chi connectivity index (χ0v) is 17.8. The van der Waals surface area contributed by atoms with Crippen LogP contribution < -0.4 is 5.32 Å². The van der Waals surface area contributed by atoms with Crippen LogP contribution in [0.2, 0.25) is 0 Å². The number of hydrogen-bond acceptors (Lipinski definition) is 3. The molecule has 0 spiro atoms. The van der Waals surface area contributed by atoms with Crippen LogP contribution in [0.25, 0.3) is 0 Å². The lowest BCUT2D eigenvalue weighted by molar-refractivity contribution is -0.138. The number of rotatable bonds is 4. The van der Waals surface area contributed by atoms with Crippen LogP contribution in [0.3, 0.4) is 0 Å². The second-order valence-corrected chi connectivity index (χ2v) is 8.25. The van der Waals surface area contributed by atoms with Crippen LogP contribution in [0.1, 0.15) is 44.1 Å². The van der Waals surface area contributed by atoms with Crippen LogP contribution in [0, 0.1) is 5.92 Å². The molecule has 1 aromatic carbocycles. The number of carbonyl (C=O) groups is 1. The van der Waals surface area contributed by atoms with Crippen LogP contribution in [0.5, 0.6) is 0 Å². The molecule has 2 bridgehead atoms. The molecule has 1 amide bonds. The zero-order chi connectivity index (χ0) is 17.2. The molecular formula is C21H33Cl2N3O. The van der Waals surface area contributed by atoms with Gasteiger partial charge in [0, 0.05) is 37.6 Å². The molecule has 0 radical (unpaired) electrons. The molecule has 1 aromatic rings. The van der Waals surface area contributed by atoms with E-state index in [-0.39, 0.29) is 30.7 Å². The summed E-state index contributed by atoms with van der Waals surface area (Å²) in [6.07, 6.45) is 6.89. The molecule has 27 heavy (non-hydrogen) atoms. The smallest absolute Gasteiger partial charge is 0.225 e. The van der Waals surface area contributed by atoms with Crippen molar-refractivity contribution < 1.29 is 4.79 Å². The average Bonchev–Trinajstić information content (AvgIpc) is 3.00. The molecule has 0 aromatic heterocycles. The lowest BCUT2D eigenvalue weighted by Crippen LogP contribution is -2.51. The van der Waals surface area contributed by atoms with Gasteiger partial charge < -0.3 is 10.2 Å². The van der Waals surface area contributed by atoms with E-state index in [4.69, 9.17) is 0 Å². The summed E-state index contributed by atoms with van der Waals surface area (Å²) in [5.74, 6) is 0.621. The van der Waals surface area contributed by atoms with Crippen LogP contribution >= 0.6 is 24.8 Å². The Morgan fingerprint density at radius 3 is 2.22 bits per heavy atom. The van der Waals surface area contributed by atoms with Gasteiger partial charge in [0.25, 0.3) is 0 Å². The van der Waals surface area contributed by atoms with Crippen LogP contribution in [0.15, 0.2) is 30.3 Å². The summed E-state index contributed by atoms with van der Waals surface area (Å²) < 4.78 is 0. The first-order valence-corrected chi connectivity index (χ1v) is 9.98. The third-order valence-electron chi connectivity index (χ3n) is 6.53. The topological polar surface area (TPSA) is 35.6 Å². The lowest BCUT2D eigenvalue weighted by atomic mass is 9.92. The Morgan fingerprint density at radius 2 is 1.63 bits per heavy atom. The maximum absolute atomic E-state index is 13.0. The van der Waals surface area contributed by atoms with E-state index in [0.29, 0.717) is 24.0 Å². The van der Waals surface area contributed by atoms with Crippen molar-refractivity contribution in [3.8, 4) is 0 Å². The van der Waals surface area contributed by atoms with Crippen molar-refractivity contribution in [3.05, 3.63) is 35.9 Å². The summed E-state index contributed by atoms with van der Waals surface area (Å²) in [7, 11) is 2.05. The second-order valence-electron chi connectivity index (χ2n) is 8.25. The molecule has 3 aliphatic heterocycles. The third-order valence-corrected chi connectivity index (χ3v) is 6.53. The van der Waals surface area contributed by atoms with Crippen LogP contribution in [0.4, 0.5) is 0 Å². The van der Waals surface area contributed by atoms with E-state index >= 15 is 0 Å². The Bertz CT molecular complexity index is 580. The van der Waals surface area contributed by atoms with Crippen molar-refractivity contribution in [2.45, 2.75) is 63.2 Å². The number of carbonyl (C=O) groups excluding carboxylic acids is 1. The minimum Gasteiger partial charge on any atom is -0.342 e. The molecule has 0 aliphatic carbocycles. The summed E-state index contributed by atoms with van der Waals surface area (Å²) in [4.78, 5) is 17.6. The van der Waals surface area contributed by atoms with Gasteiger partial charge in [-0.3, -0.25) is 9.69 Å². The van der Waals surface area contributed by atoms with Gasteiger partial charge in [-0.1, -0.05) is 30.3 Å². The van der Waals surface area contributed by atoms with E-state index in [1.165, 1.54) is 18.4 Å². The first kappa shape index (κ1) is 22.5. The molecule has 4 nitrogen and oxygen atoms in total. The fourth-order valence-electron chi connectivity index (χ4n) is 4.99. The number of piperidine rings is 2. The number of amides is 1. The largest absolute Gasteiger partial charge is 0.342 e. The highest BCUT2D eigenvalue weighted by Crippen LogP contribution is 2.31. The lowest BCUT2D eigenvalue weighted by Gasteiger charge is -2.39. The van der Waals surface area contributed by atoms with Gasteiger partial charge in [-0.25, -0.2) is 0 Å². The number of hydrogen-bond donors (Lipinski definition) is 1. The molecule has 1 N–H and O–H groups in total. The summed E-state index contributed by atoms with van der Waals surface area (Å²) in [6, 6.07) is 12.4. The molecule has 152 valence electrons. The van der Waals surface area contributed by atoms with Crippen molar-refractivity contribution in [1.82, 2.24) is 15.1 Å². The summed E-state index contributed by atoms with van der Waals surface area (Å²) in [6.45, 7) is 3.09.